The molecule has 0 atom stereocenters. The number of aromatic carboxylic acids is 1. The van der Waals surface area contributed by atoms with Crippen LogP contribution < -0.4 is 9.47 Å². The maximum atomic E-state index is 13.0. The van der Waals surface area contributed by atoms with Crippen LogP contribution in [0.15, 0.2) is 12.3 Å². The van der Waals surface area contributed by atoms with E-state index >= 15 is 0 Å². The molecular formula is C11H9F3N4O4. The SMILES string of the molecule is COc1ncc(-n2nc(C(=O)O)cc2C(F)(F)F)c(OC)n1. The predicted molar refractivity (Wildman–Crippen MR) is 64.2 cm³/mol. The van der Waals surface area contributed by atoms with Crippen molar-refractivity contribution in [3.8, 4) is 17.6 Å². The topological polar surface area (TPSA) is 99.4 Å². The van der Waals surface area contributed by atoms with Crippen molar-refractivity contribution in [2.24, 2.45) is 0 Å². The van der Waals surface area contributed by atoms with E-state index in [1.807, 2.05) is 0 Å². The van der Waals surface area contributed by atoms with Crippen LogP contribution >= 0.6 is 0 Å². The van der Waals surface area contributed by atoms with Crippen molar-refractivity contribution < 1.29 is 32.5 Å². The fourth-order valence-corrected chi connectivity index (χ4v) is 1.61. The zero-order valence-corrected chi connectivity index (χ0v) is 11.2. The number of nitrogens with zero attached hydrogens (tertiary/aromatic N) is 4. The second kappa shape index (κ2) is 5.50. The first-order valence-electron chi connectivity index (χ1n) is 5.64. The quantitative estimate of drug-likeness (QED) is 0.909. The lowest BCUT2D eigenvalue weighted by Crippen LogP contribution is -2.14. The van der Waals surface area contributed by atoms with E-state index in [0.717, 1.165) is 6.20 Å². The molecule has 2 aromatic heterocycles. The van der Waals surface area contributed by atoms with Crippen LogP contribution in [0, 0.1) is 0 Å². The molecule has 2 heterocycles. The second-order valence-electron chi connectivity index (χ2n) is 3.88. The molecule has 0 unspecified atom stereocenters. The molecule has 0 saturated heterocycles. The Kier molecular flexibility index (Phi) is 3.89. The molecule has 0 aliphatic rings. The number of aromatic nitrogens is 4. The monoisotopic (exact) mass is 318 g/mol. The Labute approximate surface area is 121 Å². The van der Waals surface area contributed by atoms with Crippen LogP contribution in [0.4, 0.5) is 13.2 Å². The third-order valence-electron chi connectivity index (χ3n) is 2.54. The van der Waals surface area contributed by atoms with Crippen LogP contribution in [0.2, 0.25) is 0 Å². The number of rotatable bonds is 4. The lowest BCUT2D eigenvalue weighted by molar-refractivity contribution is -0.142. The maximum absolute atomic E-state index is 13.0. The van der Waals surface area contributed by atoms with E-state index in [4.69, 9.17) is 14.6 Å². The number of hydrogen-bond donors (Lipinski definition) is 1. The summed E-state index contributed by atoms with van der Waals surface area (Å²) >= 11 is 0. The van der Waals surface area contributed by atoms with Gasteiger partial charge in [0.1, 0.15) is 11.4 Å². The fourth-order valence-electron chi connectivity index (χ4n) is 1.61. The summed E-state index contributed by atoms with van der Waals surface area (Å²) < 4.78 is 49.1. The van der Waals surface area contributed by atoms with Crippen LogP contribution in [0.1, 0.15) is 16.2 Å². The highest BCUT2D eigenvalue weighted by molar-refractivity contribution is 5.85. The van der Waals surface area contributed by atoms with E-state index in [1.165, 1.54) is 14.2 Å². The van der Waals surface area contributed by atoms with Gasteiger partial charge in [0.15, 0.2) is 5.69 Å². The number of carboxylic acid groups (broad SMARTS) is 1. The Bertz CT molecular complexity index is 714. The van der Waals surface area contributed by atoms with Crippen molar-refractivity contribution in [3.63, 3.8) is 0 Å². The van der Waals surface area contributed by atoms with Crippen molar-refractivity contribution in [2.45, 2.75) is 6.18 Å². The average molecular weight is 318 g/mol. The molecule has 0 fully saturated rings. The van der Waals surface area contributed by atoms with Crippen molar-refractivity contribution in [1.82, 2.24) is 19.7 Å². The molecule has 118 valence electrons. The van der Waals surface area contributed by atoms with Gasteiger partial charge >= 0.3 is 18.2 Å². The molecule has 0 aromatic carbocycles. The molecule has 0 spiro atoms. The number of halogens is 3. The van der Waals surface area contributed by atoms with E-state index in [-0.39, 0.29) is 17.6 Å². The summed E-state index contributed by atoms with van der Waals surface area (Å²) in [4.78, 5) is 18.3. The van der Waals surface area contributed by atoms with E-state index in [2.05, 4.69) is 15.1 Å². The predicted octanol–water partition coefficient (Wildman–Crippen LogP) is 1.40. The van der Waals surface area contributed by atoms with Gasteiger partial charge in [-0.25, -0.2) is 14.5 Å². The summed E-state index contributed by atoms with van der Waals surface area (Å²) in [5.41, 5.74) is -2.34. The molecule has 0 amide bonds. The van der Waals surface area contributed by atoms with Crippen molar-refractivity contribution in [1.29, 1.82) is 0 Å². The minimum Gasteiger partial charge on any atom is -0.479 e. The Morgan fingerprint density at radius 2 is 2.00 bits per heavy atom. The average Bonchev–Trinajstić information content (AvgIpc) is 2.91. The Balaban J connectivity index is 2.68. The highest BCUT2D eigenvalue weighted by atomic mass is 19.4. The first-order valence-corrected chi connectivity index (χ1v) is 5.64. The summed E-state index contributed by atoms with van der Waals surface area (Å²) in [6.45, 7) is 0. The maximum Gasteiger partial charge on any atom is 0.433 e. The molecule has 11 heteroatoms. The minimum absolute atomic E-state index is 0.125. The van der Waals surface area contributed by atoms with Crippen molar-refractivity contribution in [3.05, 3.63) is 23.7 Å². The van der Waals surface area contributed by atoms with Gasteiger partial charge in [0, 0.05) is 6.07 Å². The molecule has 0 aliphatic heterocycles. The molecular weight excluding hydrogens is 309 g/mol. The minimum atomic E-state index is -4.83. The van der Waals surface area contributed by atoms with Crippen molar-refractivity contribution in [2.75, 3.05) is 14.2 Å². The van der Waals surface area contributed by atoms with Gasteiger partial charge < -0.3 is 14.6 Å². The molecule has 1 N–H and O–H groups in total. The Hall–Kier alpha value is -2.85. The fraction of sp³-hybridized carbons (Fsp3) is 0.273. The van der Waals surface area contributed by atoms with Gasteiger partial charge in [0.25, 0.3) is 0 Å². The highest BCUT2D eigenvalue weighted by Gasteiger charge is 2.38. The first-order chi connectivity index (χ1) is 10.3. The van der Waals surface area contributed by atoms with Crippen LogP contribution in [-0.4, -0.2) is 45.0 Å². The molecule has 22 heavy (non-hydrogen) atoms. The zero-order valence-electron chi connectivity index (χ0n) is 11.2. The van der Waals surface area contributed by atoms with E-state index in [0.29, 0.717) is 10.7 Å². The summed E-state index contributed by atoms with van der Waals surface area (Å²) in [5, 5.41) is 12.2. The Morgan fingerprint density at radius 3 is 2.50 bits per heavy atom. The van der Waals surface area contributed by atoms with Gasteiger partial charge in [-0.15, -0.1) is 0 Å². The first kappa shape index (κ1) is 15.5. The third kappa shape index (κ3) is 2.77. The van der Waals surface area contributed by atoms with Gasteiger partial charge in [0.05, 0.1) is 20.4 Å². The molecule has 0 radical (unpaired) electrons. The Morgan fingerprint density at radius 1 is 1.32 bits per heavy atom. The summed E-state index contributed by atoms with van der Waals surface area (Å²) in [6, 6.07) is 0.284. The van der Waals surface area contributed by atoms with Crippen molar-refractivity contribution >= 4 is 5.97 Å². The van der Waals surface area contributed by atoms with Crippen LogP contribution in [0.5, 0.6) is 11.9 Å². The molecule has 2 rings (SSSR count). The summed E-state index contributed by atoms with van der Waals surface area (Å²) in [5.74, 6) is -1.85. The van der Waals surface area contributed by atoms with Gasteiger partial charge in [-0.3, -0.25) is 0 Å². The largest absolute Gasteiger partial charge is 0.479 e. The molecule has 0 aliphatic carbocycles. The summed E-state index contributed by atoms with van der Waals surface area (Å²) in [7, 11) is 2.45. The second-order valence-corrected chi connectivity index (χ2v) is 3.88. The van der Waals surface area contributed by atoms with E-state index in [9.17, 15) is 18.0 Å². The lowest BCUT2D eigenvalue weighted by Gasteiger charge is -2.12. The molecule has 0 bridgehead atoms. The van der Waals surface area contributed by atoms with E-state index in [1.54, 1.807) is 0 Å². The zero-order chi connectivity index (χ0) is 16.5. The number of alkyl halides is 3. The van der Waals surface area contributed by atoms with Crippen LogP contribution in [0.25, 0.3) is 5.69 Å². The summed E-state index contributed by atoms with van der Waals surface area (Å²) in [6.07, 6.45) is -3.84. The highest BCUT2D eigenvalue weighted by Crippen LogP contribution is 2.33. The standard InChI is InChI=1S/C11H9F3N4O4/c1-21-8-6(4-15-10(16-8)22-2)18-7(11(12,13)14)3-5(17-18)9(19)20/h3-4H,1-2H3,(H,19,20). The van der Waals surface area contributed by atoms with Crippen LogP contribution in [-0.2, 0) is 6.18 Å². The molecule has 8 nitrogen and oxygen atoms in total. The normalized spacial score (nSPS) is 11.3. The number of ether oxygens (including phenoxy) is 2. The number of carboxylic acids is 1. The van der Waals surface area contributed by atoms with E-state index < -0.39 is 23.5 Å². The van der Waals surface area contributed by atoms with Gasteiger partial charge in [-0.2, -0.15) is 23.3 Å². The third-order valence-corrected chi connectivity index (χ3v) is 2.54. The molecule has 2 aromatic rings. The van der Waals surface area contributed by atoms with Gasteiger partial charge in [-0.1, -0.05) is 0 Å². The number of methoxy groups -OCH3 is 2. The molecule has 0 saturated carbocycles. The number of hydrogen-bond acceptors (Lipinski definition) is 6. The van der Waals surface area contributed by atoms with Crippen LogP contribution in [0.3, 0.4) is 0 Å². The lowest BCUT2D eigenvalue weighted by atomic mass is 10.3. The number of carbonyl (C=O) groups is 1. The van der Waals surface area contributed by atoms with Gasteiger partial charge in [0.2, 0.25) is 5.88 Å². The van der Waals surface area contributed by atoms with Gasteiger partial charge in [-0.05, 0) is 0 Å². The smallest absolute Gasteiger partial charge is 0.433 e.